The first-order valence-corrected chi connectivity index (χ1v) is 3.85. The normalized spacial score (nSPS) is 10.8. The van der Waals surface area contributed by atoms with E-state index in [1.807, 2.05) is 0 Å². The molecule has 0 radical (unpaired) electrons. The van der Waals surface area contributed by atoms with Crippen molar-refractivity contribution in [3.63, 3.8) is 0 Å². The Kier molecular flexibility index (Phi) is 5.34. The van der Waals surface area contributed by atoms with E-state index in [9.17, 15) is 9.59 Å². The quantitative estimate of drug-likeness (QED) is 0.224. The summed E-state index contributed by atoms with van der Waals surface area (Å²) in [6.45, 7) is 3.71. The number of carbonyl (C=O) groups excluding carboxylic acids is 1. The van der Waals surface area contributed by atoms with Crippen LogP contribution < -0.4 is 0 Å². The highest BCUT2D eigenvalue weighted by atomic mass is 16.5. The fraction of sp³-hybridized carbons (Fsp3) is 0.500. The van der Waals surface area contributed by atoms with Crippen LogP contribution in [0.1, 0.15) is 13.8 Å². The van der Waals surface area contributed by atoms with E-state index in [1.54, 1.807) is 13.8 Å². The standard InChI is InChI=1S/C8H12O5/c1-3-12-5-6(7(9)10)8(11)13-4-2/h5H,3-4H2,1-2H3,(H,9,10). The molecule has 13 heavy (non-hydrogen) atoms. The van der Waals surface area contributed by atoms with Gasteiger partial charge in [-0.3, -0.25) is 0 Å². The summed E-state index contributed by atoms with van der Waals surface area (Å²) in [6, 6.07) is 0. The molecule has 0 aromatic rings. The van der Waals surface area contributed by atoms with Gasteiger partial charge in [0.15, 0.2) is 5.57 Å². The molecule has 0 spiro atoms. The van der Waals surface area contributed by atoms with E-state index in [4.69, 9.17) is 5.11 Å². The second kappa shape index (κ2) is 6.05. The number of hydrogen-bond acceptors (Lipinski definition) is 4. The molecule has 0 bridgehead atoms. The van der Waals surface area contributed by atoms with E-state index in [2.05, 4.69) is 9.47 Å². The molecule has 0 saturated heterocycles. The van der Waals surface area contributed by atoms with Crippen molar-refractivity contribution in [1.82, 2.24) is 0 Å². The Morgan fingerprint density at radius 3 is 2.31 bits per heavy atom. The number of esters is 1. The van der Waals surface area contributed by atoms with Gasteiger partial charge in [0.2, 0.25) is 0 Å². The van der Waals surface area contributed by atoms with Crippen LogP contribution in [0.5, 0.6) is 0 Å². The number of carboxylic acids is 1. The van der Waals surface area contributed by atoms with Crippen molar-refractivity contribution in [1.29, 1.82) is 0 Å². The zero-order valence-electron chi connectivity index (χ0n) is 7.57. The number of hydrogen-bond donors (Lipinski definition) is 1. The predicted molar refractivity (Wildman–Crippen MR) is 44.0 cm³/mol. The number of ether oxygens (including phenoxy) is 2. The van der Waals surface area contributed by atoms with Gasteiger partial charge in [-0.25, -0.2) is 9.59 Å². The zero-order valence-corrected chi connectivity index (χ0v) is 7.57. The van der Waals surface area contributed by atoms with Gasteiger partial charge in [-0.1, -0.05) is 0 Å². The van der Waals surface area contributed by atoms with Crippen molar-refractivity contribution in [3.05, 3.63) is 11.8 Å². The number of rotatable bonds is 5. The molecule has 0 heterocycles. The summed E-state index contributed by atoms with van der Waals surface area (Å²) in [4.78, 5) is 21.4. The molecule has 0 aromatic heterocycles. The minimum atomic E-state index is -1.35. The third kappa shape index (κ3) is 4.15. The van der Waals surface area contributed by atoms with E-state index < -0.39 is 17.5 Å². The average molecular weight is 188 g/mol. The van der Waals surface area contributed by atoms with Crippen LogP contribution in [0.2, 0.25) is 0 Å². The summed E-state index contributed by atoms with van der Waals surface area (Å²) < 4.78 is 9.18. The van der Waals surface area contributed by atoms with Crippen molar-refractivity contribution in [2.75, 3.05) is 13.2 Å². The highest BCUT2D eigenvalue weighted by Crippen LogP contribution is 1.99. The summed E-state index contributed by atoms with van der Waals surface area (Å²) >= 11 is 0. The van der Waals surface area contributed by atoms with E-state index in [-0.39, 0.29) is 6.61 Å². The van der Waals surface area contributed by atoms with Crippen molar-refractivity contribution in [3.8, 4) is 0 Å². The molecular weight excluding hydrogens is 176 g/mol. The highest BCUT2D eigenvalue weighted by molar-refractivity contribution is 6.12. The summed E-state index contributed by atoms with van der Waals surface area (Å²) in [5.74, 6) is -2.24. The largest absolute Gasteiger partial charge is 0.500 e. The van der Waals surface area contributed by atoms with E-state index in [0.29, 0.717) is 6.61 Å². The molecule has 5 heteroatoms. The van der Waals surface area contributed by atoms with Crippen molar-refractivity contribution >= 4 is 11.9 Å². The van der Waals surface area contributed by atoms with Crippen LogP contribution in [0.25, 0.3) is 0 Å². The number of carbonyl (C=O) groups is 2. The average Bonchev–Trinajstić information content (AvgIpc) is 2.05. The van der Waals surface area contributed by atoms with Crippen molar-refractivity contribution in [2.24, 2.45) is 0 Å². The molecular formula is C8H12O5. The zero-order chi connectivity index (χ0) is 10.3. The lowest BCUT2D eigenvalue weighted by atomic mass is 10.3. The molecule has 0 fully saturated rings. The molecule has 0 rings (SSSR count). The number of aliphatic carboxylic acids is 1. The van der Waals surface area contributed by atoms with Gasteiger partial charge in [0, 0.05) is 0 Å². The van der Waals surface area contributed by atoms with Crippen LogP contribution in [-0.4, -0.2) is 30.3 Å². The fourth-order valence-electron chi connectivity index (χ4n) is 0.561. The lowest BCUT2D eigenvalue weighted by molar-refractivity contribution is -0.144. The Morgan fingerprint density at radius 2 is 1.92 bits per heavy atom. The first kappa shape index (κ1) is 11.5. The minimum Gasteiger partial charge on any atom is -0.500 e. The summed E-state index contributed by atoms with van der Waals surface area (Å²) in [5.41, 5.74) is -0.497. The molecule has 0 amide bonds. The third-order valence-electron chi connectivity index (χ3n) is 1.09. The topological polar surface area (TPSA) is 72.8 Å². The van der Waals surface area contributed by atoms with Crippen molar-refractivity contribution in [2.45, 2.75) is 13.8 Å². The Hall–Kier alpha value is -1.52. The molecule has 0 aromatic carbocycles. The van der Waals surface area contributed by atoms with Gasteiger partial charge in [0.1, 0.15) is 6.26 Å². The molecule has 0 aliphatic carbocycles. The summed E-state index contributed by atoms with van der Waals surface area (Å²) in [7, 11) is 0. The van der Waals surface area contributed by atoms with Gasteiger partial charge in [-0.15, -0.1) is 0 Å². The fourth-order valence-corrected chi connectivity index (χ4v) is 0.561. The summed E-state index contributed by atoms with van der Waals surface area (Å²) in [5, 5.41) is 8.55. The third-order valence-corrected chi connectivity index (χ3v) is 1.09. The molecule has 1 N–H and O–H groups in total. The van der Waals surface area contributed by atoms with E-state index >= 15 is 0 Å². The molecule has 0 saturated carbocycles. The van der Waals surface area contributed by atoms with Crippen molar-refractivity contribution < 1.29 is 24.2 Å². The molecule has 0 aliphatic rings. The van der Waals surface area contributed by atoms with E-state index in [1.165, 1.54) is 0 Å². The Bertz CT molecular complexity index is 219. The van der Waals surface area contributed by atoms with Gasteiger partial charge in [-0.05, 0) is 13.8 Å². The maximum absolute atomic E-state index is 10.9. The van der Waals surface area contributed by atoms with E-state index in [0.717, 1.165) is 6.26 Å². The molecule has 0 unspecified atom stereocenters. The molecule has 74 valence electrons. The second-order valence-corrected chi connectivity index (χ2v) is 2.01. The minimum absolute atomic E-state index is 0.135. The van der Waals surface area contributed by atoms with Crippen LogP contribution in [0.4, 0.5) is 0 Å². The Labute approximate surface area is 75.9 Å². The summed E-state index contributed by atoms with van der Waals surface area (Å²) in [6.07, 6.45) is 0.889. The van der Waals surface area contributed by atoms with Gasteiger partial charge >= 0.3 is 11.9 Å². The van der Waals surface area contributed by atoms with Gasteiger partial charge in [-0.2, -0.15) is 0 Å². The first-order valence-electron chi connectivity index (χ1n) is 3.85. The van der Waals surface area contributed by atoms with Crippen LogP contribution >= 0.6 is 0 Å². The SMILES string of the molecule is CCOC=C(C(=O)O)C(=O)OCC. The molecule has 5 nitrogen and oxygen atoms in total. The first-order chi connectivity index (χ1) is 6.13. The van der Waals surface area contributed by atoms with Crippen LogP contribution in [0.15, 0.2) is 11.8 Å². The van der Waals surface area contributed by atoms with Crippen LogP contribution in [0, 0.1) is 0 Å². The van der Waals surface area contributed by atoms with Crippen LogP contribution in [-0.2, 0) is 19.1 Å². The molecule has 0 aliphatic heterocycles. The lowest BCUT2D eigenvalue weighted by Crippen LogP contribution is -2.15. The Morgan fingerprint density at radius 1 is 1.31 bits per heavy atom. The van der Waals surface area contributed by atoms with Crippen LogP contribution in [0.3, 0.4) is 0 Å². The Balaban J connectivity index is 4.41. The van der Waals surface area contributed by atoms with Gasteiger partial charge < -0.3 is 14.6 Å². The lowest BCUT2D eigenvalue weighted by Gasteiger charge is -2.01. The maximum Gasteiger partial charge on any atom is 0.348 e. The smallest absolute Gasteiger partial charge is 0.348 e. The second-order valence-electron chi connectivity index (χ2n) is 2.01. The maximum atomic E-state index is 10.9. The predicted octanol–water partition coefficient (Wildman–Crippen LogP) is 0.554. The van der Waals surface area contributed by atoms with Gasteiger partial charge in [0.25, 0.3) is 0 Å². The number of carboxylic acid groups (broad SMARTS) is 1. The van der Waals surface area contributed by atoms with Gasteiger partial charge in [0.05, 0.1) is 13.2 Å². The molecule has 0 atom stereocenters. The highest BCUT2D eigenvalue weighted by Gasteiger charge is 2.18. The monoisotopic (exact) mass is 188 g/mol.